The Morgan fingerprint density at radius 2 is 2.00 bits per heavy atom. The number of aliphatic carboxylic acids is 1. The van der Waals surface area contributed by atoms with E-state index in [2.05, 4.69) is 15.1 Å². The van der Waals surface area contributed by atoms with Gasteiger partial charge in [-0.05, 0) is 30.2 Å². The normalized spacial score (nSPS) is 11.8. The molecule has 0 amide bonds. The van der Waals surface area contributed by atoms with Crippen molar-refractivity contribution in [3.05, 3.63) is 52.6 Å². The van der Waals surface area contributed by atoms with Gasteiger partial charge < -0.3 is 18.8 Å². The summed E-state index contributed by atoms with van der Waals surface area (Å²) in [5, 5.41) is 12.6. The van der Waals surface area contributed by atoms with Crippen LogP contribution < -0.4 is 4.74 Å². The number of methoxy groups -OCH3 is 1. The number of rotatable bonds is 6. The Kier molecular flexibility index (Phi) is 5.70. The summed E-state index contributed by atoms with van der Waals surface area (Å²) in [6.45, 7) is 0. The summed E-state index contributed by atoms with van der Waals surface area (Å²) in [5.74, 6) is -2.12. The Morgan fingerprint density at radius 1 is 1.24 bits per heavy atom. The van der Waals surface area contributed by atoms with Gasteiger partial charge >= 0.3 is 12.1 Å². The smallest absolute Gasteiger partial charge is 0.417 e. The Balaban J connectivity index is 1.70. The number of halogens is 5. The summed E-state index contributed by atoms with van der Waals surface area (Å²) in [6, 6.07) is 3.13. The fourth-order valence-electron chi connectivity index (χ4n) is 3.10. The summed E-state index contributed by atoms with van der Waals surface area (Å²) in [5.41, 5.74) is -0.586. The minimum Gasteiger partial charge on any atom is -0.493 e. The molecule has 0 aliphatic heterocycles. The van der Waals surface area contributed by atoms with Crippen molar-refractivity contribution >= 4 is 23.2 Å². The number of imidazole rings is 1. The topological polar surface area (TPSA) is 103 Å². The number of carboxylic acid groups (broad SMARTS) is 1. The molecule has 0 saturated carbocycles. The molecular formula is C20H13ClF4N4O4. The molecule has 1 aromatic carbocycles. The van der Waals surface area contributed by atoms with Crippen molar-refractivity contribution in [2.45, 2.75) is 19.0 Å². The van der Waals surface area contributed by atoms with Crippen LogP contribution in [0.5, 0.6) is 5.75 Å². The van der Waals surface area contributed by atoms with Gasteiger partial charge in [0.25, 0.3) is 5.89 Å². The number of benzene rings is 1. The maximum Gasteiger partial charge on any atom is 0.417 e. The molecule has 0 radical (unpaired) electrons. The Hall–Kier alpha value is -3.67. The van der Waals surface area contributed by atoms with E-state index in [-0.39, 0.29) is 57.8 Å². The average Bonchev–Trinajstić information content (AvgIpc) is 3.39. The first-order chi connectivity index (χ1) is 15.6. The summed E-state index contributed by atoms with van der Waals surface area (Å²) in [6.07, 6.45) is -2.82. The predicted molar refractivity (Wildman–Crippen MR) is 106 cm³/mol. The van der Waals surface area contributed by atoms with Crippen LogP contribution in [-0.4, -0.2) is 37.7 Å². The number of ether oxygens (including phenoxy) is 1. The summed E-state index contributed by atoms with van der Waals surface area (Å²) in [7, 11) is 1.22. The van der Waals surface area contributed by atoms with E-state index in [1.165, 1.54) is 19.4 Å². The molecule has 1 N–H and O–H groups in total. The molecule has 33 heavy (non-hydrogen) atoms. The number of fused-ring (bicyclic) bond motifs is 1. The number of hydrogen-bond acceptors (Lipinski definition) is 6. The van der Waals surface area contributed by atoms with E-state index in [4.69, 9.17) is 26.0 Å². The van der Waals surface area contributed by atoms with Gasteiger partial charge in [-0.15, -0.1) is 0 Å². The SMILES string of the molecule is COc1cc(C(F)(F)F)cn2cc(-c3noc(-c4cc(F)c(CCC(=O)O)cc4Cl)n3)nc12. The summed E-state index contributed by atoms with van der Waals surface area (Å²) >= 11 is 6.19. The molecule has 0 spiro atoms. The molecule has 0 unspecified atom stereocenters. The van der Waals surface area contributed by atoms with E-state index < -0.39 is 23.5 Å². The molecule has 172 valence electrons. The van der Waals surface area contributed by atoms with Gasteiger partial charge in [0.2, 0.25) is 5.82 Å². The number of alkyl halides is 3. The lowest BCUT2D eigenvalue weighted by Crippen LogP contribution is -2.07. The zero-order valence-corrected chi connectivity index (χ0v) is 17.4. The Labute approximate surface area is 187 Å². The van der Waals surface area contributed by atoms with Crippen LogP contribution in [0.25, 0.3) is 28.6 Å². The van der Waals surface area contributed by atoms with Gasteiger partial charge in [-0.2, -0.15) is 18.2 Å². The fourth-order valence-corrected chi connectivity index (χ4v) is 3.37. The molecular weight excluding hydrogens is 472 g/mol. The van der Waals surface area contributed by atoms with Crippen LogP contribution in [0.1, 0.15) is 17.5 Å². The number of pyridine rings is 1. The van der Waals surface area contributed by atoms with Gasteiger partial charge in [0.1, 0.15) is 11.5 Å². The second-order valence-corrected chi connectivity index (χ2v) is 7.30. The van der Waals surface area contributed by atoms with E-state index in [1.807, 2.05) is 0 Å². The van der Waals surface area contributed by atoms with Crippen molar-refractivity contribution in [2.24, 2.45) is 0 Å². The highest BCUT2D eigenvalue weighted by Gasteiger charge is 2.32. The molecule has 13 heteroatoms. The number of hydrogen-bond donors (Lipinski definition) is 1. The van der Waals surface area contributed by atoms with Crippen molar-refractivity contribution < 1.29 is 36.7 Å². The van der Waals surface area contributed by atoms with Crippen molar-refractivity contribution in [1.82, 2.24) is 19.5 Å². The maximum atomic E-state index is 14.4. The molecule has 4 rings (SSSR count). The van der Waals surface area contributed by atoms with Crippen LogP contribution in [0.2, 0.25) is 5.02 Å². The number of aryl methyl sites for hydroxylation is 1. The predicted octanol–water partition coefficient (Wildman–Crippen LogP) is 4.89. The molecule has 0 aliphatic rings. The lowest BCUT2D eigenvalue weighted by Gasteiger charge is -2.09. The molecule has 0 aliphatic carbocycles. The minimum absolute atomic E-state index is 0.0541. The number of aromatic nitrogens is 4. The second kappa shape index (κ2) is 8.35. The van der Waals surface area contributed by atoms with Crippen LogP contribution >= 0.6 is 11.6 Å². The van der Waals surface area contributed by atoms with Gasteiger partial charge in [-0.25, -0.2) is 9.37 Å². The van der Waals surface area contributed by atoms with E-state index in [0.717, 1.165) is 22.7 Å². The highest BCUT2D eigenvalue weighted by atomic mass is 35.5. The molecule has 0 saturated heterocycles. The molecule has 3 aromatic heterocycles. The third-order valence-electron chi connectivity index (χ3n) is 4.69. The van der Waals surface area contributed by atoms with Crippen LogP contribution in [0.4, 0.5) is 17.6 Å². The van der Waals surface area contributed by atoms with Crippen LogP contribution in [0.3, 0.4) is 0 Å². The van der Waals surface area contributed by atoms with Crippen molar-refractivity contribution in [3.8, 4) is 28.7 Å². The largest absolute Gasteiger partial charge is 0.493 e. The number of carbonyl (C=O) groups is 1. The quantitative estimate of drug-likeness (QED) is 0.389. The molecule has 8 nitrogen and oxygen atoms in total. The number of carboxylic acids is 1. The standard InChI is InChI=1S/C20H13ClF4N4O4/c1-32-15-5-10(20(23,24)25)7-29-8-14(26-18(15)29)17-27-19(33-28-17)11-6-13(22)9(4-12(11)21)2-3-16(30)31/h4-8H,2-3H2,1H3,(H,30,31). The van der Waals surface area contributed by atoms with Crippen molar-refractivity contribution in [1.29, 1.82) is 0 Å². The third-order valence-corrected chi connectivity index (χ3v) is 5.01. The molecule has 0 fully saturated rings. The van der Waals surface area contributed by atoms with Gasteiger partial charge in [-0.1, -0.05) is 16.8 Å². The second-order valence-electron chi connectivity index (χ2n) is 6.89. The van der Waals surface area contributed by atoms with Crippen molar-refractivity contribution in [2.75, 3.05) is 7.11 Å². The highest BCUT2D eigenvalue weighted by molar-refractivity contribution is 6.33. The summed E-state index contributed by atoms with van der Waals surface area (Å²) < 4.78 is 65.1. The lowest BCUT2D eigenvalue weighted by atomic mass is 10.1. The summed E-state index contributed by atoms with van der Waals surface area (Å²) in [4.78, 5) is 19.0. The maximum absolute atomic E-state index is 14.4. The van der Waals surface area contributed by atoms with Crippen LogP contribution in [0, 0.1) is 5.82 Å². The van der Waals surface area contributed by atoms with Crippen LogP contribution in [-0.2, 0) is 17.4 Å². The fraction of sp³-hybridized carbons (Fsp3) is 0.200. The van der Waals surface area contributed by atoms with Gasteiger partial charge in [-0.3, -0.25) is 4.79 Å². The molecule has 0 bridgehead atoms. The monoisotopic (exact) mass is 484 g/mol. The van der Waals surface area contributed by atoms with E-state index in [1.54, 1.807) is 0 Å². The molecule has 4 aromatic rings. The first kappa shape index (κ1) is 22.5. The average molecular weight is 485 g/mol. The van der Waals surface area contributed by atoms with Gasteiger partial charge in [0, 0.05) is 18.8 Å². The molecule has 0 atom stereocenters. The highest BCUT2D eigenvalue weighted by Crippen LogP contribution is 2.35. The first-order valence-electron chi connectivity index (χ1n) is 9.25. The van der Waals surface area contributed by atoms with Crippen LogP contribution in [0.15, 0.2) is 35.1 Å². The zero-order valence-electron chi connectivity index (χ0n) is 16.7. The van der Waals surface area contributed by atoms with Crippen molar-refractivity contribution in [3.63, 3.8) is 0 Å². The Morgan fingerprint density at radius 3 is 2.67 bits per heavy atom. The minimum atomic E-state index is -4.59. The van der Waals surface area contributed by atoms with Gasteiger partial charge in [0.15, 0.2) is 11.4 Å². The van der Waals surface area contributed by atoms with Gasteiger partial charge in [0.05, 0.1) is 23.3 Å². The number of nitrogens with zero attached hydrogens (tertiary/aromatic N) is 4. The van der Waals surface area contributed by atoms with E-state index >= 15 is 0 Å². The van der Waals surface area contributed by atoms with E-state index in [0.29, 0.717) is 0 Å². The Bertz CT molecular complexity index is 1370. The zero-order chi connectivity index (χ0) is 23.9. The third kappa shape index (κ3) is 4.46. The lowest BCUT2D eigenvalue weighted by molar-refractivity contribution is -0.138. The first-order valence-corrected chi connectivity index (χ1v) is 9.62. The van der Waals surface area contributed by atoms with E-state index in [9.17, 15) is 22.4 Å². The molecule has 3 heterocycles.